The van der Waals surface area contributed by atoms with Crippen LogP contribution < -0.4 is 16.4 Å². The lowest BCUT2D eigenvalue weighted by Crippen LogP contribution is -2.42. The zero-order chi connectivity index (χ0) is 12.1. The van der Waals surface area contributed by atoms with Gasteiger partial charge in [0.2, 0.25) is 0 Å². The Morgan fingerprint density at radius 1 is 1.62 bits per heavy atom. The van der Waals surface area contributed by atoms with Gasteiger partial charge < -0.3 is 11.1 Å². The third-order valence-corrected chi connectivity index (χ3v) is 1.98. The number of rotatable bonds is 3. The van der Waals surface area contributed by atoms with Crippen molar-refractivity contribution in [3.8, 4) is 0 Å². The van der Waals surface area contributed by atoms with Crippen LogP contribution in [0.3, 0.4) is 0 Å². The van der Waals surface area contributed by atoms with Gasteiger partial charge in [0.15, 0.2) is 0 Å². The number of anilines is 1. The van der Waals surface area contributed by atoms with Crippen molar-refractivity contribution in [2.45, 2.75) is 19.9 Å². The molecule has 1 aromatic heterocycles. The van der Waals surface area contributed by atoms with E-state index in [2.05, 4.69) is 15.7 Å². The van der Waals surface area contributed by atoms with Crippen molar-refractivity contribution < 1.29 is 9.59 Å². The van der Waals surface area contributed by atoms with E-state index >= 15 is 0 Å². The quantitative estimate of drug-likeness (QED) is 0.666. The average Bonchev–Trinajstić information content (AvgIpc) is 2.64. The average molecular weight is 225 g/mol. The topological polar surface area (TPSA) is 102 Å². The molecule has 0 aliphatic rings. The molecule has 0 spiro atoms. The zero-order valence-electron chi connectivity index (χ0n) is 9.23. The lowest BCUT2D eigenvalue weighted by Gasteiger charge is -2.11. The Bertz CT molecular complexity index is 387. The molecular formula is C9H15N5O2. The summed E-state index contributed by atoms with van der Waals surface area (Å²) in [7, 11) is 0. The molecule has 0 saturated carbocycles. The Balaban J connectivity index is 2.57. The molecule has 0 aromatic carbocycles. The zero-order valence-corrected chi connectivity index (χ0v) is 9.23. The summed E-state index contributed by atoms with van der Waals surface area (Å²) in [5.74, 6) is -0.105. The predicted octanol–water partition coefficient (Wildman–Crippen LogP) is -0.128. The molecule has 1 heterocycles. The van der Waals surface area contributed by atoms with Gasteiger partial charge in [0.25, 0.3) is 5.91 Å². The van der Waals surface area contributed by atoms with Crippen LogP contribution in [0.25, 0.3) is 0 Å². The van der Waals surface area contributed by atoms with E-state index in [1.165, 1.54) is 4.68 Å². The fraction of sp³-hybridized carbons (Fsp3) is 0.444. The van der Waals surface area contributed by atoms with E-state index in [1.807, 2.05) is 0 Å². The second-order valence-corrected chi connectivity index (χ2v) is 3.25. The maximum absolute atomic E-state index is 11.6. The molecule has 7 nitrogen and oxygen atoms in total. The lowest BCUT2D eigenvalue weighted by molar-refractivity contribution is -0.123. The SMILES string of the molecule is CCNC(=O)NC(=O)C(C)n1ccc(N)n1. The van der Waals surface area contributed by atoms with Crippen LogP contribution in [-0.2, 0) is 4.79 Å². The van der Waals surface area contributed by atoms with Gasteiger partial charge in [-0.2, -0.15) is 5.10 Å². The van der Waals surface area contributed by atoms with E-state index in [4.69, 9.17) is 5.73 Å². The number of nitrogens with zero attached hydrogens (tertiary/aromatic N) is 2. The van der Waals surface area contributed by atoms with E-state index in [1.54, 1.807) is 26.1 Å². The highest BCUT2D eigenvalue weighted by atomic mass is 16.2. The Kier molecular flexibility index (Phi) is 3.87. The molecule has 0 saturated heterocycles. The van der Waals surface area contributed by atoms with E-state index in [9.17, 15) is 9.59 Å². The second kappa shape index (κ2) is 5.15. The second-order valence-electron chi connectivity index (χ2n) is 3.25. The molecule has 3 amide bonds. The number of nitrogens with two attached hydrogens (primary N) is 1. The predicted molar refractivity (Wildman–Crippen MR) is 58.6 cm³/mol. The van der Waals surface area contributed by atoms with Gasteiger partial charge in [-0.1, -0.05) is 0 Å². The van der Waals surface area contributed by atoms with E-state index < -0.39 is 18.0 Å². The largest absolute Gasteiger partial charge is 0.382 e. The van der Waals surface area contributed by atoms with Crippen molar-refractivity contribution >= 4 is 17.8 Å². The normalized spacial score (nSPS) is 11.9. The number of nitrogens with one attached hydrogen (secondary N) is 2. The Morgan fingerprint density at radius 2 is 2.31 bits per heavy atom. The monoisotopic (exact) mass is 225 g/mol. The lowest BCUT2D eigenvalue weighted by atomic mass is 10.3. The highest BCUT2D eigenvalue weighted by Crippen LogP contribution is 2.06. The molecule has 88 valence electrons. The van der Waals surface area contributed by atoms with Crippen molar-refractivity contribution in [2.24, 2.45) is 0 Å². The van der Waals surface area contributed by atoms with Gasteiger partial charge in [0, 0.05) is 12.7 Å². The summed E-state index contributed by atoms with van der Waals surface area (Å²) < 4.78 is 1.39. The van der Waals surface area contributed by atoms with Crippen molar-refractivity contribution in [2.75, 3.05) is 12.3 Å². The van der Waals surface area contributed by atoms with Crippen LogP contribution in [0, 0.1) is 0 Å². The molecule has 7 heteroatoms. The van der Waals surface area contributed by atoms with Crippen molar-refractivity contribution in [1.29, 1.82) is 0 Å². The maximum Gasteiger partial charge on any atom is 0.321 e. The van der Waals surface area contributed by atoms with Gasteiger partial charge in [-0.05, 0) is 19.9 Å². The highest BCUT2D eigenvalue weighted by Gasteiger charge is 2.17. The van der Waals surface area contributed by atoms with Gasteiger partial charge in [0.1, 0.15) is 11.9 Å². The number of urea groups is 1. The van der Waals surface area contributed by atoms with Crippen molar-refractivity contribution in [3.05, 3.63) is 12.3 Å². The van der Waals surface area contributed by atoms with Gasteiger partial charge in [-0.25, -0.2) is 4.79 Å². The Morgan fingerprint density at radius 3 is 2.81 bits per heavy atom. The van der Waals surface area contributed by atoms with Crippen LogP contribution in [0.1, 0.15) is 19.9 Å². The molecule has 0 bridgehead atoms. The first-order valence-corrected chi connectivity index (χ1v) is 4.94. The Labute approximate surface area is 93.0 Å². The first kappa shape index (κ1) is 12.0. The summed E-state index contributed by atoms with van der Waals surface area (Å²) in [6.45, 7) is 3.85. The molecule has 0 aliphatic heterocycles. The smallest absolute Gasteiger partial charge is 0.321 e. The van der Waals surface area contributed by atoms with Gasteiger partial charge in [-0.15, -0.1) is 0 Å². The van der Waals surface area contributed by atoms with Gasteiger partial charge in [-0.3, -0.25) is 14.8 Å². The van der Waals surface area contributed by atoms with Crippen molar-refractivity contribution in [3.63, 3.8) is 0 Å². The summed E-state index contributed by atoms with van der Waals surface area (Å²) in [4.78, 5) is 22.7. The molecule has 0 fully saturated rings. The molecule has 16 heavy (non-hydrogen) atoms. The maximum atomic E-state index is 11.6. The first-order chi connectivity index (χ1) is 7.54. The van der Waals surface area contributed by atoms with Crippen LogP contribution >= 0.6 is 0 Å². The minimum absolute atomic E-state index is 0.331. The first-order valence-electron chi connectivity index (χ1n) is 4.94. The minimum atomic E-state index is -0.583. The number of nitrogen functional groups attached to an aromatic ring is 1. The van der Waals surface area contributed by atoms with Gasteiger partial charge >= 0.3 is 6.03 Å². The van der Waals surface area contributed by atoms with Crippen LogP contribution in [0.2, 0.25) is 0 Å². The molecule has 4 N–H and O–H groups in total. The fourth-order valence-electron chi connectivity index (χ4n) is 1.11. The molecule has 0 aliphatic carbocycles. The molecule has 1 unspecified atom stereocenters. The summed E-state index contributed by atoms with van der Waals surface area (Å²) >= 11 is 0. The number of amides is 3. The molecule has 1 atom stereocenters. The fourth-order valence-corrected chi connectivity index (χ4v) is 1.11. The molecular weight excluding hydrogens is 210 g/mol. The highest BCUT2D eigenvalue weighted by molar-refractivity contribution is 5.95. The summed E-state index contributed by atoms with van der Waals surface area (Å²) in [5.41, 5.74) is 5.42. The number of hydrogen-bond acceptors (Lipinski definition) is 4. The van der Waals surface area contributed by atoms with Crippen LogP contribution in [-0.4, -0.2) is 28.3 Å². The van der Waals surface area contributed by atoms with Gasteiger partial charge in [0.05, 0.1) is 0 Å². The number of aromatic nitrogens is 2. The van der Waals surface area contributed by atoms with Crippen LogP contribution in [0.15, 0.2) is 12.3 Å². The van der Waals surface area contributed by atoms with Crippen LogP contribution in [0.5, 0.6) is 0 Å². The summed E-state index contributed by atoms with van der Waals surface area (Å²) in [5, 5.41) is 8.55. The van der Waals surface area contributed by atoms with E-state index in [0.29, 0.717) is 12.4 Å². The van der Waals surface area contributed by atoms with Crippen molar-refractivity contribution in [1.82, 2.24) is 20.4 Å². The Hall–Kier alpha value is -2.05. The minimum Gasteiger partial charge on any atom is -0.382 e. The summed E-state index contributed by atoms with van der Waals surface area (Å²) in [6.07, 6.45) is 1.58. The standard InChI is InChI=1S/C9H15N5O2/c1-3-11-9(16)12-8(15)6(2)14-5-4-7(10)13-14/h4-6H,3H2,1-2H3,(H2,10,13)(H2,11,12,15,16). The molecule has 0 radical (unpaired) electrons. The third-order valence-electron chi connectivity index (χ3n) is 1.98. The third kappa shape index (κ3) is 2.97. The van der Waals surface area contributed by atoms with Crippen LogP contribution in [0.4, 0.5) is 10.6 Å². The number of hydrogen-bond donors (Lipinski definition) is 3. The van der Waals surface area contributed by atoms with E-state index in [-0.39, 0.29) is 0 Å². The molecule has 1 rings (SSSR count). The number of imide groups is 1. The number of carbonyl (C=O) groups excluding carboxylic acids is 2. The summed E-state index contributed by atoms with van der Waals surface area (Å²) in [6, 6.07) is 0.481. The number of carbonyl (C=O) groups is 2. The van der Waals surface area contributed by atoms with E-state index in [0.717, 1.165) is 0 Å². The molecule has 1 aromatic rings.